The average Bonchev–Trinajstić information content (AvgIpc) is 2.59. The first-order chi connectivity index (χ1) is 11.2. The highest BCUT2D eigenvalue weighted by Crippen LogP contribution is 2.19. The van der Waals surface area contributed by atoms with Crippen molar-refractivity contribution in [3.05, 3.63) is 77.9 Å². The molecule has 0 saturated heterocycles. The molecule has 1 N–H and O–H groups in total. The lowest BCUT2D eigenvalue weighted by Crippen LogP contribution is -2.24. The van der Waals surface area contributed by atoms with Gasteiger partial charge >= 0.3 is 0 Å². The van der Waals surface area contributed by atoms with Crippen LogP contribution in [-0.4, -0.2) is 11.7 Å². The lowest BCUT2D eigenvalue weighted by atomic mass is 10.0. The summed E-state index contributed by atoms with van der Waals surface area (Å²) in [6, 6.07) is 22.7. The minimum Gasteiger partial charge on any atom is -0.351 e. The van der Waals surface area contributed by atoms with E-state index < -0.39 is 0 Å². The molecule has 0 atom stereocenters. The third kappa shape index (κ3) is 4.14. The van der Waals surface area contributed by atoms with E-state index in [4.69, 9.17) is 0 Å². The number of hydrogen-bond acceptors (Lipinski definition) is 2. The Kier molecular flexibility index (Phi) is 4.99. The van der Waals surface area contributed by atoms with E-state index in [1.54, 1.807) is 11.8 Å². The summed E-state index contributed by atoms with van der Waals surface area (Å²) in [4.78, 5) is 13.2. The largest absolute Gasteiger partial charge is 0.351 e. The van der Waals surface area contributed by atoms with Gasteiger partial charge in [-0.15, -0.1) is 11.8 Å². The van der Waals surface area contributed by atoms with Crippen molar-refractivity contribution in [3.63, 3.8) is 0 Å². The van der Waals surface area contributed by atoms with E-state index in [0.717, 1.165) is 10.5 Å². The Balaban J connectivity index is 1.57. The summed E-state index contributed by atoms with van der Waals surface area (Å²) in [6.45, 7) is 2.62. The first-order valence-electron chi connectivity index (χ1n) is 7.65. The maximum Gasteiger partial charge on any atom is 0.230 e. The normalized spacial score (nSPS) is 10.7. The van der Waals surface area contributed by atoms with Crippen molar-refractivity contribution in [2.24, 2.45) is 0 Å². The van der Waals surface area contributed by atoms with E-state index in [2.05, 4.69) is 60.8 Å². The van der Waals surface area contributed by atoms with Crippen LogP contribution in [0, 0.1) is 6.92 Å². The lowest BCUT2D eigenvalue weighted by molar-refractivity contribution is -0.118. The van der Waals surface area contributed by atoms with E-state index in [1.165, 1.54) is 16.3 Å². The molecule has 0 spiro atoms. The van der Waals surface area contributed by atoms with Gasteiger partial charge < -0.3 is 5.32 Å². The van der Waals surface area contributed by atoms with Crippen LogP contribution in [0.15, 0.2) is 71.6 Å². The summed E-state index contributed by atoms with van der Waals surface area (Å²) in [5, 5.41) is 5.41. The zero-order valence-corrected chi connectivity index (χ0v) is 13.9. The van der Waals surface area contributed by atoms with Gasteiger partial charge in [0.05, 0.1) is 5.75 Å². The molecular formula is C20H19NOS. The molecule has 0 unspecified atom stereocenters. The Morgan fingerprint density at radius 1 is 0.957 bits per heavy atom. The van der Waals surface area contributed by atoms with Gasteiger partial charge in [0.2, 0.25) is 5.91 Å². The summed E-state index contributed by atoms with van der Waals surface area (Å²) < 4.78 is 0. The molecule has 2 nitrogen and oxygen atoms in total. The number of aryl methyl sites for hydroxylation is 1. The topological polar surface area (TPSA) is 29.1 Å². The average molecular weight is 321 g/mol. The molecule has 0 aliphatic rings. The van der Waals surface area contributed by atoms with Crippen molar-refractivity contribution in [1.29, 1.82) is 0 Å². The van der Waals surface area contributed by atoms with E-state index in [0.29, 0.717) is 12.3 Å². The third-order valence-corrected chi connectivity index (χ3v) is 4.76. The monoisotopic (exact) mass is 321 g/mol. The molecule has 23 heavy (non-hydrogen) atoms. The number of amides is 1. The molecule has 0 aromatic heterocycles. The number of benzene rings is 3. The molecule has 0 aliphatic carbocycles. The Morgan fingerprint density at radius 3 is 2.52 bits per heavy atom. The van der Waals surface area contributed by atoms with E-state index in [-0.39, 0.29) is 5.91 Å². The minimum absolute atomic E-state index is 0.0588. The van der Waals surface area contributed by atoms with Crippen LogP contribution in [0.1, 0.15) is 11.1 Å². The molecule has 3 aromatic rings. The SMILES string of the molecule is Cc1ccc(SCC(=O)NCc2cccc3ccccc23)cc1. The molecule has 0 saturated carbocycles. The Hall–Kier alpha value is -2.26. The van der Waals surface area contributed by atoms with Gasteiger partial charge in [-0.1, -0.05) is 60.2 Å². The fraction of sp³-hybridized carbons (Fsp3) is 0.150. The van der Waals surface area contributed by atoms with Crippen LogP contribution in [0.3, 0.4) is 0 Å². The molecule has 3 rings (SSSR count). The van der Waals surface area contributed by atoms with Gasteiger partial charge in [-0.3, -0.25) is 4.79 Å². The summed E-state index contributed by atoms with van der Waals surface area (Å²) in [6.07, 6.45) is 0. The van der Waals surface area contributed by atoms with E-state index in [9.17, 15) is 4.79 Å². The number of thioether (sulfide) groups is 1. The predicted octanol–water partition coefficient (Wildman–Crippen LogP) is 4.56. The number of nitrogens with one attached hydrogen (secondary N) is 1. The van der Waals surface area contributed by atoms with Crippen LogP contribution < -0.4 is 5.32 Å². The maximum absolute atomic E-state index is 12.1. The molecule has 0 bridgehead atoms. The van der Waals surface area contributed by atoms with Crippen LogP contribution in [-0.2, 0) is 11.3 Å². The summed E-state index contributed by atoms with van der Waals surface area (Å²) in [5.74, 6) is 0.497. The Bertz CT molecular complexity index is 806. The van der Waals surface area contributed by atoms with E-state index >= 15 is 0 Å². The highest BCUT2D eigenvalue weighted by Gasteiger charge is 2.05. The molecule has 0 aliphatic heterocycles. The Morgan fingerprint density at radius 2 is 1.70 bits per heavy atom. The fourth-order valence-electron chi connectivity index (χ4n) is 2.47. The van der Waals surface area contributed by atoms with Crippen LogP contribution >= 0.6 is 11.8 Å². The molecule has 3 heteroatoms. The van der Waals surface area contributed by atoms with Gasteiger partial charge in [-0.25, -0.2) is 0 Å². The predicted molar refractivity (Wildman–Crippen MR) is 97.7 cm³/mol. The van der Waals surface area contributed by atoms with Gasteiger partial charge in [0, 0.05) is 11.4 Å². The molecule has 116 valence electrons. The summed E-state index contributed by atoms with van der Waals surface area (Å²) >= 11 is 1.56. The summed E-state index contributed by atoms with van der Waals surface area (Å²) in [7, 11) is 0. The van der Waals surface area contributed by atoms with Crippen molar-refractivity contribution in [1.82, 2.24) is 5.32 Å². The van der Waals surface area contributed by atoms with Gasteiger partial charge in [-0.05, 0) is 35.4 Å². The van der Waals surface area contributed by atoms with Crippen molar-refractivity contribution in [2.75, 3.05) is 5.75 Å². The molecule has 0 fully saturated rings. The zero-order valence-electron chi connectivity index (χ0n) is 13.1. The maximum atomic E-state index is 12.1. The number of carbonyl (C=O) groups excluding carboxylic acids is 1. The number of hydrogen-bond donors (Lipinski definition) is 1. The van der Waals surface area contributed by atoms with E-state index in [1.807, 2.05) is 18.2 Å². The lowest BCUT2D eigenvalue weighted by Gasteiger charge is -2.08. The van der Waals surface area contributed by atoms with Gasteiger partial charge in [0.25, 0.3) is 0 Å². The molecule has 1 amide bonds. The second kappa shape index (κ2) is 7.34. The van der Waals surface area contributed by atoms with Crippen molar-refractivity contribution >= 4 is 28.4 Å². The second-order valence-corrected chi connectivity index (χ2v) is 6.57. The number of carbonyl (C=O) groups is 1. The van der Waals surface area contributed by atoms with Gasteiger partial charge in [0.15, 0.2) is 0 Å². The van der Waals surface area contributed by atoms with Crippen molar-refractivity contribution < 1.29 is 4.79 Å². The van der Waals surface area contributed by atoms with Gasteiger partial charge in [-0.2, -0.15) is 0 Å². The van der Waals surface area contributed by atoms with Crippen molar-refractivity contribution in [3.8, 4) is 0 Å². The number of fused-ring (bicyclic) bond motifs is 1. The quantitative estimate of drug-likeness (QED) is 0.698. The van der Waals surface area contributed by atoms with Crippen LogP contribution in [0.5, 0.6) is 0 Å². The van der Waals surface area contributed by atoms with Crippen LogP contribution in [0.4, 0.5) is 0 Å². The first kappa shape index (κ1) is 15.6. The smallest absolute Gasteiger partial charge is 0.230 e. The van der Waals surface area contributed by atoms with Crippen LogP contribution in [0.25, 0.3) is 10.8 Å². The zero-order chi connectivity index (χ0) is 16.1. The second-order valence-electron chi connectivity index (χ2n) is 5.52. The van der Waals surface area contributed by atoms with Gasteiger partial charge in [0.1, 0.15) is 0 Å². The summed E-state index contributed by atoms with van der Waals surface area (Å²) in [5.41, 5.74) is 2.38. The minimum atomic E-state index is 0.0588. The van der Waals surface area contributed by atoms with Crippen LogP contribution in [0.2, 0.25) is 0 Å². The first-order valence-corrected chi connectivity index (χ1v) is 8.64. The third-order valence-electron chi connectivity index (χ3n) is 3.75. The fourth-order valence-corrected chi connectivity index (χ4v) is 3.20. The number of rotatable bonds is 5. The molecular weight excluding hydrogens is 302 g/mol. The highest BCUT2D eigenvalue weighted by molar-refractivity contribution is 8.00. The molecule has 0 radical (unpaired) electrons. The molecule has 3 aromatic carbocycles. The standard InChI is InChI=1S/C20H19NOS/c1-15-9-11-18(12-10-15)23-14-20(22)21-13-17-7-4-6-16-5-2-3-8-19(16)17/h2-12H,13-14H2,1H3,(H,21,22). The van der Waals surface area contributed by atoms with Crippen molar-refractivity contribution in [2.45, 2.75) is 18.4 Å². The highest BCUT2D eigenvalue weighted by atomic mass is 32.2. The molecule has 0 heterocycles. The Labute approximate surface area is 140 Å².